The summed E-state index contributed by atoms with van der Waals surface area (Å²) < 4.78 is 17.7. The third-order valence-electron chi connectivity index (χ3n) is 9.38. The van der Waals surface area contributed by atoms with Crippen LogP contribution in [0.4, 0.5) is 10.2 Å². The Labute approximate surface area is 294 Å². The Hall–Kier alpha value is -5.47. The lowest BCUT2D eigenvalue weighted by Gasteiger charge is -2.32. The molecule has 0 bridgehead atoms. The molecule has 1 saturated heterocycles. The van der Waals surface area contributed by atoms with E-state index in [9.17, 15) is 14.3 Å². The zero-order valence-electron chi connectivity index (χ0n) is 29.3. The van der Waals surface area contributed by atoms with Crippen LogP contribution in [-0.4, -0.2) is 101 Å². The van der Waals surface area contributed by atoms with E-state index in [1.54, 1.807) is 9.20 Å². The van der Waals surface area contributed by atoms with E-state index in [-0.39, 0.29) is 30.1 Å². The zero-order chi connectivity index (χ0) is 35.8. The fourth-order valence-corrected chi connectivity index (χ4v) is 6.91. The number of rotatable bonds is 10. The maximum Gasteiger partial charge on any atom is 0.251 e. The summed E-state index contributed by atoms with van der Waals surface area (Å²) in [5, 5.41) is 23.3. The minimum absolute atomic E-state index is 0.0976. The predicted molar refractivity (Wildman–Crippen MR) is 194 cm³/mol. The van der Waals surface area contributed by atoms with Crippen LogP contribution >= 0.6 is 0 Å². The van der Waals surface area contributed by atoms with E-state index in [0.717, 1.165) is 73.7 Å². The van der Waals surface area contributed by atoms with Crippen LogP contribution in [0.25, 0.3) is 39.1 Å². The smallest absolute Gasteiger partial charge is 0.251 e. The SMILES string of the molecule is Cc1cc(C(=O)NC2CCN(CCCN(C)C)CC2)cc(-c2nc(Cn3nc(-c4cc(O)cc(F)c4)c4c(N)ncnc43)nn3ccc(C)c23)c1. The quantitative estimate of drug-likeness (QED) is 0.188. The number of nitrogens with zero attached hydrogens (tertiary/aromatic N) is 9. The molecule has 1 amide bonds. The van der Waals surface area contributed by atoms with Gasteiger partial charge in [-0.05, 0) is 108 Å². The first kappa shape index (κ1) is 34.0. The highest BCUT2D eigenvalue weighted by Gasteiger charge is 2.23. The standard InChI is InChI=1S/C37H42FN11O2/c1-22-14-24(16-26(15-22)37(51)42-28-7-11-47(12-8-28)10-5-9-46(3)4)33-34-23(2)6-13-48(34)44-30(43-33)20-49-36-31(35(39)40-21-41-36)32(45-49)25-17-27(38)19-29(50)18-25/h6,13-19,21,28,50H,5,7-12,20H2,1-4H3,(H,42,51)(H2,39,40,41). The van der Waals surface area contributed by atoms with Crippen LogP contribution in [0.1, 0.15) is 46.6 Å². The molecule has 4 N–H and O–H groups in total. The third kappa shape index (κ3) is 7.23. The molecule has 51 heavy (non-hydrogen) atoms. The molecule has 0 aliphatic carbocycles. The van der Waals surface area contributed by atoms with Gasteiger partial charge in [0.15, 0.2) is 11.5 Å². The van der Waals surface area contributed by atoms with Crippen molar-refractivity contribution in [1.29, 1.82) is 0 Å². The number of hydrogen-bond acceptors (Lipinski definition) is 10. The number of benzene rings is 2. The van der Waals surface area contributed by atoms with Crippen LogP contribution in [0.2, 0.25) is 0 Å². The van der Waals surface area contributed by atoms with E-state index in [0.29, 0.717) is 39.4 Å². The molecule has 2 aromatic carbocycles. The predicted octanol–water partition coefficient (Wildman–Crippen LogP) is 4.44. The Kier molecular flexibility index (Phi) is 9.36. The molecule has 0 radical (unpaired) electrons. The lowest BCUT2D eigenvalue weighted by molar-refractivity contribution is 0.0910. The Morgan fingerprint density at radius 1 is 1.04 bits per heavy atom. The van der Waals surface area contributed by atoms with Gasteiger partial charge >= 0.3 is 0 Å². The fraction of sp³-hybridized carbons (Fsp3) is 0.351. The highest BCUT2D eigenvalue weighted by Crippen LogP contribution is 2.33. The highest BCUT2D eigenvalue weighted by atomic mass is 19.1. The molecule has 1 aliphatic rings. The number of likely N-dealkylation sites (tertiary alicyclic amines) is 1. The summed E-state index contributed by atoms with van der Waals surface area (Å²) in [6.07, 6.45) is 6.19. The van der Waals surface area contributed by atoms with E-state index in [1.807, 2.05) is 44.3 Å². The van der Waals surface area contributed by atoms with Crippen molar-refractivity contribution >= 4 is 28.3 Å². The number of aryl methyl sites for hydroxylation is 2. The molecule has 0 spiro atoms. The molecule has 1 aliphatic heterocycles. The Morgan fingerprint density at radius 3 is 2.59 bits per heavy atom. The number of hydrogen-bond donors (Lipinski definition) is 3. The van der Waals surface area contributed by atoms with Gasteiger partial charge in [0, 0.05) is 48.1 Å². The van der Waals surface area contributed by atoms with Crippen molar-refractivity contribution in [3.63, 3.8) is 0 Å². The zero-order valence-corrected chi connectivity index (χ0v) is 29.3. The summed E-state index contributed by atoms with van der Waals surface area (Å²) >= 11 is 0. The molecule has 4 aromatic heterocycles. The first-order valence-electron chi connectivity index (χ1n) is 17.1. The van der Waals surface area contributed by atoms with E-state index >= 15 is 0 Å². The largest absolute Gasteiger partial charge is 0.508 e. The van der Waals surface area contributed by atoms with Crippen molar-refractivity contribution in [2.45, 2.75) is 45.7 Å². The Balaban J connectivity index is 1.18. The summed E-state index contributed by atoms with van der Waals surface area (Å²) in [7, 11) is 4.20. The number of phenolic OH excluding ortho intramolecular Hbond substituents is 1. The van der Waals surface area contributed by atoms with Gasteiger partial charge in [-0.25, -0.2) is 28.5 Å². The van der Waals surface area contributed by atoms with Crippen molar-refractivity contribution in [2.24, 2.45) is 0 Å². The van der Waals surface area contributed by atoms with Crippen LogP contribution in [-0.2, 0) is 6.54 Å². The summed E-state index contributed by atoms with van der Waals surface area (Å²) in [4.78, 5) is 31.9. The van der Waals surface area contributed by atoms with Gasteiger partial charge in [-0.2, -0.15) is 10.2 Å². The number of nitrogen functional groups attached to an aromatic ring is 1. The lowest BCUT2D eigenvalue weighted by atomic mass is 10.0. The van der Waals surface area contributed by atoms with Crippen molar-refractivity contribution in [1.82, 2.24) is 49.5 Å². The van der Waals surface area contributed by atoms with Crippen LogP contribution in [0.5, 0.6) is 5.75 Å². The summed E-state index contributed by atoms with van der Waals surface area (Å²) in [5.74, 6) is -0.369. The van der Waals surface area contributed by atoms with E-state index in [4.69, 9.17) is 20.9 Å². The fourth-order valence-electron chi connectivity index (χ4n) is 6.91. The second kappa shape index (κ2) is 14.0. The molecule has 7 rings (SSSR count). The average molecular weight is 692 g/mol. The first-order valence-corrected chi connectivity index (χ1v) is 17.1. The molecule has 14 heteroatoms. The van der Waals surface area contributed by atoms with Crippen molar-refractivity contribution < 1.29 is 14.3 Å². The van der Waals surface area contributed by atoms with Gasteiger partial charge in [-0.1, -0.05) is 0 Å². The van der Waals surface area contributed by atoms with Crippen molar-refractivity contribution in [3.8, 4) is 28.3 Å². The molecule has 0 atom stereocenters. The minimum atomic E-state index is -0.618. The van der Waals surface area contributed by atoms with Crippen molar-refractivity contribution in [2.75, 3.05) is 46.0 Å². The number of nitrogens with one attached hydrogen (secondary N) is 1. The number of amides is 1. The van der Waals surface area contributed by atoms with Crippen LogP contribution < -0.4 is 11.1 Å². The normalized spacial score (nSPS) is 14.2. The topological polar surface area (TPSA) is 156 Å². The van der Waals surface area contributed by atoms with Gasteiger partial charge in [-0.3, -0.25) is 4.79 Å². The Bertz CT molecular complexity index is 2220. The molecule has 0 saturated carbocycles. The monoisotopic (exact) mass is 691 g/mol. The molecular weight excluding hydrogens is 649 g/mol. The van der Waals surface area contributed by atoms with E-state index in [2.05, 4.69) is 39.2 Å². The number of nitrogens with two attached hydrogens (primary N) is 1. The average Bonchev–Trinajstić information content (AvgIpc) is 3.65. The van der Waals surface area contributed by atoms with Crippen LogP contribution in [0, 0.1) is 19.7 Å². The summed E-state index contributed by atoms with van der Waals surface area (Å²) in [6, 6.07) is 11.6. The van der Waals surface area contributed by atoms with Gasteiger partial charge in [0.25, 0.3) is 5.91 Å². The first-order chi connectivity index (χ1) is 24.5. The lowest BCUT2D eigenvalue weighted by Crippen LogP contribution is -2.45. The maximum absolute atomic E-state index is 14.3. The number of aromatic hydroxyl groups is 1. The van der Waals surface area contributed by atoms with Gasteiger partial charge in [-0.15, -0.1) is 0 Å². The van der Waals surface area contributed by atoms with Crippen LogP contribution in [0.3, 0.4) is 0 Å². The maximum atomic E-state index is 14.3. The van der Waals surface area contributed by atoms with E-state index in [1.165, 1.54) is 18.5 Å². The number of aromatic nitrogens is 7. The molecule has 6 aromatic rings. The molecule has 5 heterocycles. The van der Waals surface area contributed by atoms with Gasteiger partial charge in [0.1, 0.15) is 36.0 Å². The number of piperidine rings is 1. The highest BCUT2D eigenvalue weighted by molar-refractivity contribution is 5.98. The Morgan fingerprint density at radius 2 is 1.82 bits per heavy atom. The summed E-state index contributed by atoms with van der Waals surface area (Å²) in [6.45, 7) is 8.17. The second-order valence-corrected chi connectivity index (χ2v) is 13.7. The number of phenols is 1. The second-order valence-electron chi connectivity index (χ2n) is 13.7. The number of halogens is 1. The molecule has 264 valence electrons. The number of carbonyl (C=O) groups is 1. The molecule has 0 unspecified atom stereocenters. The number of anilines is 1. The van der Waals surface area contributed by atoms with E-state index < -0.39 is 5.82 Å². The molecule has 1 fully saturated rings. The van der Waals surface area contributed by atoms with Crippen LogP contribution in [0.15, 0.2) is 55.0 Å². The van der Waals surface area contributed by atoms with Crippen molar-refractivity contribution in [3.05, 3.63) is 83.3 Å². The minimum Gasteiger partial charge on any atom is -0.508 e. The van der Waals surface area contributed by atoms with Gasteiger partial charge < -0.3 is 26.0 Å². The third-order valence-corrected chi connectivity index (χ3v) is 9.38. The summed E-state index contributed by atoms with van der Waals surface area (Å²) in [5.41, 5.74) is 12.1. The number of fused-ring (bicyclic) bond motifs is 2. The molecular formula is C37H42FN11O2. The van der Waals surface area contributed by atoms with Gasteiger partial charge in [0.2, 0.25) is 0 Å². The van der Waals surface area contributed by atoms with Gasteiger partial charge in [0.05, 0.1) is 16.6 Å². The molecule has 13 nitrogen and oxygen atoms in total. The number of carbonyl (C=O) groups excluding carboxylic acids is 1.